The molecule has 2 aromatic rings. The average molecular weight is 210 g/mol. The van der Waals surface area contributed by atoms with Crippen LogP contribution in [0.1, 0.15) is 36.4 Å². The summed E-state index contributed by atoms with van der Waals surface area (Å²) in [7, 11) is 0. The van der Waals surface area contributed by atoms with Crippen molar-refractivity contribution in [3.8, 4) is 0 Å². The molecule has 0 saturated heterocycles. The molecule has 0 N–H and O–H groups in total. The van der Waals surface area contributed by atoms with E-state index in [9.17, 15) is 0 Å². The van der Waals surface area contributed by atoms with Crippen molar-refractivity contribution < 1.29 is 0 Å². The molecular formula is C14H14N2. The molecule has 0 atom stereocenters. The quantitative estimate of drug-likeness (QED) is 0.668. The van der Waals surface area contributed by atoms with E-state index in [0.717, 1.165) is 6.42 Å². The van der Waals surface area contributed by atoms with Gasteiger partial charge in [0.1, 0.15) is 0 Å². The van der Waals surface area contributed by atoms with E-state index in [1.54, 1.807) is 0 Å². The van der Waals surface area contributed by atoms with Crippen molar-refractivity contribution in [1.82, 2.24) is 9.97 Å². The molecule has 0 fully saturated rings. The van der Waals surface area contributed by atoms with E-state index < -0.39 is 0 Å². The highest BCUT2D eigenvalue weighted by Gasteiger charge is 2.33. The van der Waals surface area contributed by atoms with E-state index in [1.165, 1.54) is 22.5 Å². The molecule has 0 spiro atoms. The summed E-state index contributed by atoms with van der Waals surface area (Å²) in [5.74, 6) is 0. The summed E-state index contributed by atoms with van der Waals surface area (Å²) >= 11 is 0. The molecule has 0 aliphatic heterocycles. The molecule has 16 heavy (non-hydrogen) atoms. The van der Waals surface area contributed by atoms with Gasteiger partial charge in [0.25, 0.3) is 0 Å². The Morgan fingerprint density at radius 2 is 1.44 bits per heavy atom. The fraction of sp³-hybridized carbons (Fsp3) is 0.286. The number of aromatic nitrogens is 2. The van der Waals surface area contributed by atoms with E-state index in [4.69, 9.17) is 0 Å². The highest BCUT2D eigenvalue weighted by atomic mass is 14.7. The second-order valence-corrected chi connectivity index (χ2v) is 4.80. The Balaban J connectivity index is 2.28. The minimum Gasteiger partial charge on any atom is -0.261 e. The number of rotatable bonds is 0. The molecule has 1 aliphatic carbocycles. The van der Waals surface area contributed by atoms with Gasteiger partial charge in [0.15, 0.2) is 0 Å². The van der Waals surface area contributed by atoms with E-state index in [1.807, 2.05) is 24.5 Å². The van der Waals surface area contributed by atoms with E-state index >= 15 is 0 Å². The van der Waals surface area contributed by atoms with Gasteiger partial charge in [-0.1, -0.05) is 26.0 Å². The average Bonchev–Trinajstić information content (AvgIpc) is 2.29. The smallest absolute Gasteiger partial charge is 0.0504 e. The Labute approximate surface area is 95.4 Å². The van der Waals surface area contributed by atoms with Crippen LogP contribution in [0.4, 0.5) is 0 Å². The Hall–Kier alpha value is -1.70. The Morgan fingerprint density at radius 3 is 1.94 bits per heavy atom. The summed E-state index contributed by atoms with van der Waals surface area (Å²) in [5, 5.41) is 0. The van der Waals surface area contributed by atoms with Gasteiger partial charge in [-0.15, -0.1) is 0 Å². The lowest BCUT2D eigenvalue weighted by Gasteiger charge is -2.33. The fourth-order valence-corrected chi connectivity index (χ4v) is 2.60. The fourth-order valence-electron chi connectivity index (χ4n) is 2.60. The molecule has 0 unspecified atom stereocenters. The van der Waals surface area contributed by atoms with Crippen LogP contribution in [0, 0.1) is 0 Å². The first-order valence-electron chi connectivity index (χ1n) is 5.58. The van der Waals surface area contributed by atoms with Gasteiger partial charge in [-0.25, -0.2) is 0 Å². The minimum absolute atomic E-state index is 0.0193. The molecular weight excluding hydrogens is 196 g/mol. The van der Waals surface area contributed by atoms with Crippen molar-refractivity contribution in [2.45, 2.75) is 25.7 Å². The SMILES string of the molecule is CC1(C)c2cccnc2Cc2ncccc21. The first-order chi connectivity index (χ1) is 7.69. The lowest BCUT2D eigenvalue weighted by Crippen LogP contribution is -2.28. The predicted octanol–water partition coefficient (Wildman–Crippen LogP) is 2.71. The summed E-state index contributed by atoms with van der Waals surface area (Å²) in [5.41, 5.74) is 5.01. The minimum atomic E-state index is 0.0193. The third kappa shape index (κ3) is 1.19. The zero-order valence-corrected chi connectivity index (χ0v) is 9.57. The maximum Gasteiger partial charge on any atom is 0.0504 e. The van der Waals surface area contributed by atoms with Gasteiger partial charge in [-0.2, -0.15) is 0 Å². The van der Waals surface area contributed by atoms with E-state index in [2.05, 4.69) is 35.9 Å². The lowest BCUT2D eigenvalue weighted by molar-refractivity contribution is 0.595. The molecule has 2 nitrogen and oxygen atoms in total. The highest BCUT2D eigenvalue weighted by Crippen LogP contribution is 2.39. The van der Waals surface area contributed by atoms with Crippen molar-refractivity contribution in [2.24, 2.45) is 0 Å². The van der Waals surface area contributed by atoms with Crippen LogP contribution < -0.4 is 0 Å². The van der Waals surface area contributed by atoms with Gasteiger partial charge in [-0.3, -0.25) is 9.97 Å². The highest BCUT2D eigenvalue weighted by molar-refractivity contribution is 5.47. The van der Waals surface area contributed by atoms with Crippen molar-refractivity contribution in [1.29, 1.82) is 0 Å². The van der Waals surface area contributed by atoms with Crippen molar-refractivity contribution in [3.63, 3.8) is 0 Å². The molecule has 0 amide bonds. The first kappa shape index (κ1) is 9.52. The largest absolute Gasteiger partial charge is 0.261 e. The Kier molecular flexibility index (Phi) is 1.87. The van der Waals surface area contributed by atoms with Gasteiger partial charge in [0.2, 0.25) is 0 Å². The van der Waals surface area contributed by atoms with Crippen LogP contribution in [-0.2, 0) is 11.8 Å². The number of pyridine rings is 2. The van der Waals surface area contributed by atoms with Gasteiger partial charge < -0.3 is 0 Å². The maximum atomic E-state index is 4.47. The molecule has 0 radical (unpaired) electrons. The summed E-state index contributed by atoms with van der Waals surface area (Å²) in [6.45, 7) is 4.49. The molecule has 2 aromatic heterocycles. The standard InChI is InChI=1S/C14H14N2/c1-14(2)10-5-3-7-15-12(10)9-13-11(14)6-4-8-16-13/h3-8H,9H2,1-2H3. The number of nitrogens with zero attached hydrogens (tertiary/aromatic N) is 2. The van der Waals surface area contributed by atoms with Crippen LogP contribution in [0.2, 0.25) is 0 Å². The molecule has 1 aliphatic rings. The zero-order valence-electron chi connectivity index (χ0n) is 9.57. The van der Waals surface area contributed by atoms with E-state index in [0.29, 0.717) is 0 Å². The Morgan fingerprint density at radius 1 is 0.938 bits per heavy atom. The molecule has 2 heteroatoms. The summed E-state index contributed by atoms with van der Waals surface area (Å²) in [6, 6.07) is 8.39. The van der Waals surface area contributed by atoms with Crippen LogP contribution in [0.15, 0.2) is 36.7 Å². The van der Waals surface area contributed by atoms with Crippen molar-refractivity contribution in [2.75, 3.05) is 0 Å². The Bertz CT molecular complexity index is 496. The van der Waals surface area contributed by atoms with Gasteiger partial charge >= 0.3 is 0 Å². The van der Waals surface area contributed by atoms with Crippen LogP contribution in [0.3, 0.4) is 0 Å². The molecule has 2 heterocycles. The van der Waals surface area contributed by atoms with Gasteiger partial charge in [0, 0.05) is 24.2 Å². The second-order valence-electron chi connectivity index (χ2n) is 4.80. The van der Waals surface area contributed by atoms with Crippen LogP contribution >= 0.6 is 0 Å². The van der Waals surface area contributed by atoms with Gasteiger partial charge in [-0.05, 0) is 23.3 Å². The maximum absolute atomic E-state index is 4.47. The summed E-state index contributed by atoms with van der Waals surface area (Å²) in [6.07, 6.45) is 4.58. The zero-order chi connectivity index (χ0) is 11.2. The number of fused-ring (bicyclic) bond motifs is 2. The molecule has 3 rings (SSSR count). The van der Waals surface area contributed by atoms with Gasteiger partial charge in [0.05, 0.1) is 11.4 Å². The first-order valence-corrected chi connectivity index (χ1v) is 5.58. The number of hydrogen-bond donors (Lipinski definition) is 0. The third-order valence-electron chi connectivity index (χ3n) is 3.46. The third-order valence-corrected chi connectivity index (χ3v) is 3.46. The lowest BCUT2D eigenvalue weighted by atomic mass is 9.72. The summed E-state index contributed by atoms with van der Waals surface area (Å²) in [4.78, 5) is 8.95. The molecule has 0 bridgehead atoms. The molecule has 0 saturated carbocycles. The monoisotopic (exact) mass is 210 g/mol. The second kappa shape index (κ2) is 3.14. The molecule has 0 aromatic carbocycles. The van der Waals surface area contributed by atoms with Crippen LogP contribution in [-0.4, -0.2) is 9.97 Å². The topological polar surface area (TPSA) is 25.8 Å². The van der Waals surface area contributed by atoms with Crippen molar-refractivity contribution in [3.05, 3.63) is 59.2 Å². The molecule has 80 valence electrons. The van der Waals surface area contributed by atoms with Crippen LogP contribution in [0.25, 0.3) is 0 Å². The van der Waals surface area contributed by atoms with Crippen LogP contribution in [0.5, 0.6) is 0 Å². The number of hydrogen-bond acceptors (Lipinski definition) is 2. The predicted molar refractivity (Wildman–Crippen MR) is 63.4 cm³/mol. The van der Waals surface area contributed by atoms with Crippen molar-refractivity contribution >= 4 is 0 Å². The van der Waals surface area contributed by atoms with E-state index in [-0.39, 0.29) is 5.41 Å². The normalized spacial score (nSPS) is 16.4. The summed E-state index contributed by atoms with van der Waals surface area (Å²) < 4.78 is 0.